The summed E-state index contributed by atoms with van der Waals surface area (Å²) in [6, 6.07) is 8.24. The molecular formula is C12H10BrN3O2. The number of nitrogens with zero attached hydrogens (tertiary/aromatic N) is 3. The lowest BCUT2D eigenvalue weighted by Gasteiger charge is -2.22. The Morgan fingerprint density at radius 2 is 2.11 bits per heavy atom. The van der Waals surface area contributed by atoms with Gasteiger partial charge in [-0.05, 0) is 24.3 Å². The van der Waals surface area contributed by atoms with E-state index in [0.717, 1.165) is 4.47 Å². The number of halogens is 1. The molecular weight excluding hydrogens is 298 g/mol. The van der Waals surface area contributed by atoms with Crippen molar-refractivity contribution in [3.8, 4) is 6.07 Å². The van der Waals surface area contributed by atoms with Crippen LogP contribution in [-0.4, -0.2) is 22.8 Å². The van der Waals surface area contributed by atoms with Crippen LogP contribution in [0.2, 0.25) is 0 Å². The summed E-state index contributed by atoms with van der Waals surface area (Å²) in [5.41, 5.74) is 0.896. The minimum Gasteiger partial charge on any atom is -0.480 e. The average molecular weight is 308 g/mol. The van der Waals surface area contributed by atoms with Crippen molar-refractivity contribution < 1.29 is 9.90 Å². The zero-order valence-electron chi connectivity index (χ0n) is 9.54. The highest BCUT2D eigenvalue weighted by molar-refractivity contribution is 9.10. The zero-order chi connectivity index (χ0) is 13.3. The van der Waals surface area contributed by atoms with E-state index in [-0.39, 0.29) is 5.71 Å². The van der Waals surface area contributed by atoms with Gasteiger partial charge in [-0.3, -0.25) is 0 Å². The highest BCUT2D eigenvalue weighted by atomic mass is 79.9. The molecule has 1 aliphatic heterocycles. The number of carboxylic acid groups (broad SMARTS) is 1. The number of anilines is 1. The normalized spacial score (nSPS) is 22.5. The van der Waals surface area contributed by atoms with Gasteiger partial charge in [-0.1, -0.05) is 22.9 Å². The molecule has 0 amide bonds. The molecule has 1 aliphatic rings. The van der Waals surface area contributed by atoms with E-state index in [0.29, 0.717) is 5.69 Å². The summed E-state index contributed by atoms with van der Waals surface area (Å²) in [4.78, 5) is 11.3. The van der Waals surface area contributed by atoms with E-state index in [2.05, 4.69) is 21.0 Å². The molecule has 0 fully saturated rings. The quantitative estimate of drug-likeness (QED) is 0.909. The van der Waals surface area contributed by atoms with Crippen molar-refractivity contribution in [2.45, 2.75) is 13.0 Å². The van der Waals surface area contributed by atoms with Crippen molar-refractivity contribution in [2.24, 2.45) is 11.0 Å². The summed E-state index contributed by atoms with van der Waals surface area (Å²) in [6.45, 7) is 1.69. The maximum atomic E-state index is 11.3. The number of hydrogen-bond acceptors (Lipinski definition) is 4. The Balaban J connectivity index is 2.41. The molecule has 0 saturated heterocycles. The minimum atomic E-state index is -0.987. The number of hydrazone groups is 1. The third-order valence-corrected chi connectivity index (χ3v) is 3.37. The molecule has 0 bridgehead atoms. The number of benzene rings is 1. The Morgan fingerprint density at radius 1 is 1.50 bits per heavy atom. The fraction of sp³-hybridized carbons (Fsp3) is 0.250. The predicted octanol–water partition coefficient (Wildman–Crippen LogP) is 2.24. The van der Waals surface area contributed by atoms with Crippen molar-refractivity contribution in [1.82, 2.24) is 0 Å². The third kappa shape index (κ3) is 2.09. The van der Waals surface area contributed by atoms with Crippen LogP contribution in [0.15, 0.2) is 33.8 Å². The first-order valence-electron chi connectivity index (χ1n) is 5.31. The molecule has 1 N–H and O–H groups in total. The molecule has 5 nitrogen and oxygen atoms in total. The van der Waals surface area contributed by atoms with Crippen LogP contribution < -0.4 is 5.01 Å². The predicted molar refractivity (Wildman–Crippen MR) is 70.3 cm³/mol. The van der Waals surface area contributed by atoms with Crippen LogP contribution in [0, 0.1) is 17.2 Å². The lowest BCUT2D eigenvalue weighted by atomic mass is 9.98. The molecule has 0 aliphatic carbocycles. The van der Waals surface area contributed by atoms with Gasteiger partial charge in [0.25, 0.3) is 0 Å². The SMILES string of the molecule is CC1C(C#N)=NN(c2ccc(Br)cc2)C1C(=O)O. The Bertz CT molecular complexity index is 547. The summed E-state index contributed by atoms with van der Waals surface area (Å²) >= 11 is 3.31. The van der Waals surface area contributed by atoms with E-state index in [4.69, 9.17) is 5.26 Å². The van der Waals surface area contributed by atoms with Crippen molar-refractivity contribution in [1.29, 1.82) is 5.26 Å². The van der Waals surface area contributed by atoms with E-state index in [9.17, 15) is 9.90 Å². The van der Waals surface area contributed by atoms with Crippen LogP contribution in [0.4, 0.5) is 5.69 Å². The smallest absolute Gasteiger partial charge is 0.329 e. The molecule has 1 heterocycles. The van der Waals surface area contributed by atoms with Gasteiger partial charge in [0.2, 0.25) is 0 Å². The first-order chi connectivity index (χ1) is 8.54. The largest absolute Gasteiger partial charge is 0.480 e. The van der Waals surface area contributed by atoms with Gasteiger partial charge >= 0.3 is 5.97 Å². The van der Waals surface area contributed by atoms with Gasteiger partial charge < -0.3 is 5.11 Å². The first kappa shape index (κ1) is 12.6. The molecule has 0 spiro atoms. The Labute approximate surface area is 112 Å². The lowest BCUT2D eigenvalue weighted by Crippen LogP contribution is -2.39. The molecule has 1 aromatic carbocycles. The minimum absolute atomic E-state index is 0.241. The molecule has 2 atom stereocenters. The van der Waals surface area contributed by atoms with Gasteiger partial charge in [0.1, 0.15) is 11.8 Å². The number of nitriles is 1. The van der Waals surface area contributed by atoms with Gasteiger partial charge in [-0.2, -0.15) is 10.4 Å². The summed E-state index contributed by atoms with van der Waals surface area (Å²) in [6.07, 6.45) is 0. The standard InChI is InChI=1S/C12H10BrN3O2/c1-7-10(6-14)15-16(11(7)12(17)18)9-4-2-8(13)3-5-9/h2-5,7,11H,1H3,(H,17,18). The summed E-state index contributed by atoms with van der Waals surface area (Å²) < 4.78 is 0.898. The molecule has 0 aromatic heterocycles. The number of aliphatic carboxylic acids is 1. The van der Waals surface area contributed by atoms with Crippen LogP contribution in [0.3, 0.4) is 0 Å². The third-order valence-electron chi connectivity index (χ3n) is 2.84. The van der Waals surface area contributed by atoms with Crippen molar-refractivity contribution >= 4 is 33.3 Å². The second kappa shape index (κ2) is 4.78. The van der Waals surface area contributed by atoms with Crippen LogP contribution in [0.25, 0.3) is 0 Å². The van der Waals surface area contributed by atoms with Crippen LogP contribution in [0.1, 0.15) is 6.92 Å². The van der Waals surface area contributed by atoms with Crippen LogP contribution in [-0.2, 0) is 4.79 Å². The number of carbonyl (C=O) groups is 1. The highest BCUT2D eigenvalue weighted by Gasteiger charge is 2.40. The Hall–Kier alpha value is -1.87. The van der Waals surface area contributed by atoms with Gasteiger partial charge in [0.05, 0.1) is 5.69 Å². The molecule has 2 unspecified atom stereocenters. The number of rotatable bonds is 2. The Morgan fingerprint density at radius 3 is 2.61 bits per heavy atom. The lowest BCUT2D eigenvalue weighted by molar-refractivity contribution is -0.139. The van der Waals surface area contributed by atoms with Gasteiger partial charge in [-0.15, -0.1) is 0 Å². The monoisotopic (exact) mass is 307 g/mol. The second-order valence-corrected chi connectivity index (χ2v) is 4.91. The van der Waals surface area contributed by atoms with Crippen molar-refractivity contribution in [2.75, 3.05) is 5.01 Å². The van der Waals surface area contributed by atoms with E-state index < -0.39 is 17.9 Å². The molecule has 18 heavy (non-hydrogen) atoms. The molecule has 92 valence electrons. The number of hydrogen-bond donors (Lipinski definition) is 1. The summed E-state index contributed by atoms with van der Waals surface area (Å²) in [5.74, 6) is -1.41. The first-order valence-corrected chi connectivity index (χ1v) is 6.10. The van der Waals surface area contributed by atoms with Crippen molar-refractivity contribution in [3.05, 3.63) is 28.7 Å². The van der Waals surface area contributed by atoms with Crippen molar-refractivity contribution in [3.63, 3.8) is 0 Å². The maximum absolute atomic E-state index is 11.3. The fourth-order valence-corrected chi connectivity index (χ4v) is 2.15. The van der Waals surface area contributed by atoms with Gasteiger partial charge in [0.15, 0.2) is 6.04 Å². The molecule has 2 rings (SSSR count). The number of carboxylic acids is 1. The van der Waals surface area contributed by atoms with Gasteiger partial charge in [0, 0.05) is 10.4 Å². The highest BCUT2D eigenvalue weighted by Crippen LogP contribution is 2.29. The molecule has 1 aromatic rings. The van der Waals surface area contributed by atoms with E-state index in [1.165, 1.54) is 5.01 Å². The molecule has 6 heteroatoms. The zero-order valence-corrected chi connectivity index (χ0v) is 11.1. The van der Waals surface area contributed by atoms with E-state index >= 15 is 0 Å². The summed E-state index contributed by atoms with van der Waals surface area (Å²) in [5, 5.41) is 23.7. The van der Waals surface area contributed by atoms with Crippen LogP contribution in [0.5, 0.6) is 0 Å². The van der Waals surface area contributed by atoms with E-state index in [1.807, 2.05) is 6.07 Å². The fourth-order valence-electron chi connectivity index (χ4n) is 1.89. The second-order valence-electron chi connectivity index (χ2n) is 3.99. The Kier molecular flexibility index (Phi) is 3.34. The summed E-state index contributed by atoms with van der Waals surface area (Å²) in [7, 11) is 0. The molecule has 0 saturated carbocycles. The van der Waals surface area contributed by atoms with Gasteiger partial charge in [-0.25, -0.2) is 9.80 Å². The average Bonchev–Trinajstić information content (AvgIpc) is 2.67. The van der Waals surface area contributed by atoms with Crippen LogP contribution >= 0.6 is 15.9 Å². The van der Waals surface area contributed by atoms with E-state index in [1.54, 1.807) is 31.2 Å². The maximum Gasteiger partial charge on any atom is 0.329 e. The molecule has 0 radical (unpaired) electrons. The topological polar surface area (TPSA) is 76.7 Å².